The molecule has 0 aromatic rings. The molecule has 0 saturated heterocycles. The molecule has 0 fully saturated rings. The van der Waals surface area contributed by atoms with Gasteiger partial charge in [-0.3, -0.25) is 0 Å². The smallest absolute Gasteiger partial charge is 0.0854 e. The van der Waals surface area contributed by atoms with E-state index in [1.54, 1.807) is 6.92 Å². The number of aliphatic hydroxyl groups excluding tert-OH is 1. The zero-order chi connectivity index (χ0) is 8.15. The van der Waals surface area contributed by atoms with Gasteiger partial charge in [0.25, 0.3) is 0 Å². The van der Waals surface area contributed by atoms with E-state index in [1.165, 1.54) is 0 Å². The lowest BCUT2D eigenvalue weighted by atomic mass is 9.98. The predicted molar refractivity (Wildman–Crippen MR) is 45.0 cm³/mol. The van der Waals surface area contributed by atoms with Crippen molar-refractivity contribution >= 4 is 0 Å². The molecule has 1 N–H and O–H groups in total. The molecule has 0 heterocycles. The van der Waals surface area contributed by atoms with Crippen LogP contribution in [0.15, 0.2) is 11.8 Å². The van der Waals surface area contributed by atoms with E-state index in [-0.39, 0.29) is 0 Å². The van der Waals surface area contributed by atoms with Gasteiger partial charge in [-0.1, -0.05) is 20.8 Å². The molecule has 0 aromatic carbocycles. The minimum atomic E-state index is 0.438. The van der Waals surface area contributed by atoms with Crippen molar-refractivity contribution in [1.82, 2.24) is 0 Å². The van der Waals surface area contributed by atoms with Gasteiger partial charge in [0.15, 0.2) is 0 Å². The van der Waals surface area contributed by atoms with Crippen LogP contribution < -0.4 is 0 Å². The average molecular weight is 142 g/mol. The molecule has 0 spiro atoms. The van der Waals surface area contributed by atoms with Gasteiger partial charge in [0.1, 0.15) is 0 Å². The first kappa shape index (κ1) is 9.54. The highest BCUT2D eigenvalue weighted by molar-refractivity contribution is 4.90. The molecule has 60 valence electrons. The third-order valence-electron chi connectivity index (χ3n) is 1.37. The standard InChI is InChI=1S/C9H18O/c1-7(2)5-8(3)6-9(4)10/h6-8,10H,5H2,1-4H3/b9-6-. The van der Waals surface area contributed by atoms with Gasteiger partial charge in [-0.2, -0.15) is 0 Å². The Morgan fingerprint density at radius 1 is 1.40 bits per heavy atom. The molecule has 0 rings (SSSR count). The molecule has 1 nitrogen and oxygen atoms in total. The Balaban J connectivity index is 3.64. The Morgan fingerprint density at radius 3 is 2.20 bits per heavy atom. The molecule has 0 aliphatic carbocycles. The molecule has 10 heavy (non-hydrogen) atoms. The SMILES string of the molecule is C/C(O)=C/C(C)CC(C)C. The molecule has 0 aliphatic rings. The summed E-state index contributed by atoms with van der Waals surface area (Å²) in [6.45, 7) is 8.23. The fourth-order valence-electron chi connectivity index (χ4n) is 1.22. The van der Waals surface area contributed by atoms with E-state index in [0.29, 0.717) is 17.6 Å². The minimum Gasteiger partial charge on any atom is -0.513 e. The van der Waals surface area contributed by atoms with Crippen molar-refractivity contribution in [3.05, 3.63) is 11.8 Å². The highest BCUT2D eigenvalue weighted by atomic mass is 16.3. The van der Waals surface area contributed by atoms with Gasteiger partial charge in [-0.05, 0) is 31.3 Å². The summed E-state index contributed by atoms with van der Waals surface area (Å²) in [5, 5.41) is 8.90. The summed E-state index contributed by atoms with van der Waals surface area (Å²) in [7, 11) is 0. The number of hydrogen-bond acceptors (Lipinski definition) is 1. The van der Waals surface area contributed by atoms with Gasteiger partial charge in [-0.25, -0.2) is 0 Å². The van der Waals surface area contributed by atoms with Crippen molar-refractivity contribution in [1.29, 1.82) is 0 Å². The van der Waals surface area contributed by atoms with Crippen LogP contribution in [0.2, 0.25) is 0 Å². The molecule has 0 amide bonds. The highest BCUT2D eigenvalue weighted by Gasteiger charge is 2.01. The molecular formula is C9H18O. The second-order valence-electron chi connectivity index (χ2n) is 3.41. The van der Waals surface area contributed by atoms with Crippen LogP contribution in [0, 0.1) is 11.8 Å². The summed E-state index contributed by atoms with van der Waals surface area (Å²) in [6, 6.07) is 0. The maximum Gasteiger partial charge on any atom is 0.0854 e. The second kappa shape index (κ2) is 4.37. The van der Waals surface area contributed by atoms with E-state index in [0.717, 1.165) is 6.42 Å². The monoisotopic (exact) mass is 142 g/mol. The van der Waals surface area contributed by atoms with Crippen LogP contribution in [-0.4, -0.2) is 5.11 Å². The van der Waals surface area contributed by atoms with Crippen LogP contribution in [0.5, 0.6) is 0 Å². The highest BCUT2D eigenvalue weighted by Crippen LogP contribution is 2.12. The normalized spacial score (nSPS) is 15.9. The Bertz CT molecular complexity index is 110. The van der Waals surface area contributed by atoms with Crippen molar-refractivity contribution in [2.75, 3.05) is 0 Å². The Morgan fingerprint density at radius 2 is 1.90 bits per heavy atom. The zero-order valence-electron chi connectivity index (χ0n) is 7.39. The Kier molecular flexibility index (Phi) is 4.17. The van der Waals surface area contributed by atoms with E-state index in [4.69, 9.17) is 5.11 Å². The van der Waals surface area contributed by atoms with E-state index in [2.05, 4.69) is 20.8 Å². The van der Waals surface area contributed by atoms with E-state index in [9.17, 15) is 0 Å². The molecule has 0 aliphatic heterocycles. The quantitative estimate of drug-likeness (QED) is 0.600. The fraction of sp³-hybridized carbons (Fsp3) is 0.778. The molecule has 0 bridgehead atoms. The Hall–Kier alpha value is -0.460. The number of rotatable bonds is 3. The van der Waals surface area contributed by atoms with Crippen LogP contribution in [-0.2, 0) is 0 Å². The van der Waals surface area contributed by atoms with E-state index in [1.807, 2.05) is 6.08 Å². The average Bonchev–Trinajstić information content (AvgIpc) is 1.58. The van der Waals surface area contributed by atoms with Crippen molar-refractivity contribution in [3.8, 4) is 0 Å². The maximum atomic E-state index is 8.90. The van der Waals surface area contributed by atoms with Crippen molar-refractivity contribution in [2.24, 2.45) is 11.8 Å². The van der Waals surface area contributed by atoms with Gasteiger partial charge in [0.2, 0.25) is 0 Å². The minimum absolute atomic E-state index is 0.438. The summed E-state index contributed by atoms with van der Waals surface area (Å²) in [5.41, 5.74) is 0. The van der Waals surface area contributed by atoms with Crippen molar-refractivity contribution in [2.45, 2.75) is 34.1 Å². The first-order valence-corrected chi connectivity index (χ1v) is 3.89. The van der Waals surface area contributed by atoms with Gasteiger partial charge >= 0.3 is 0 Å². The summed E-state index contributed by atoms with van der Waals surface area (Å²) < 4.78 is 0. The van der Waals surface area contributed by atoms with Gasteiger partial charge in [-0.15, -0.1) is 0 Å². The maximum absolute atomic E-state index is 8.90. The summed E-state index contributed by atoms with van der Waals surface area (Å²) in [6.07, 6.45) is 3.05. The number of hydrogen-bond donors (Lipinski definition) is 1. The summed E-state index contributed by atoms with van der Waals surface area (Å²) in [4.78, 5) is 0. The van der Waals surface area contributed by atoms with Crippen LogP contribution in [0.1, 0.15) is 34.1 Å². The van der Waals surface area contributed by atoms with Gasteiger partial charge in [0, 0.05) is 0 Å². The molecule has 0 saturated carbocycles. The Labute approximate surface area is 63.8 Å². The lowest BCUT2D eigenvalue weighted by molar-refractivity contribution is 0.399. The summed E-state index contributed by atoms with van der Waals surface area (Å²) >= 11 is 0. The lowest BCUT2D eigenvalue weighted by Crippen LogP contribution is -1.97. The van der Waals surface area contributed by atoms with Crippen LogP contribution in [0.25, 0.3) is 0 Å². The van der Waals surface area contributed by atoms with Crippen LogP contribution in [0.3, 0.4) is 0 Å². The number of allylic oxidation sites excluding steroid dienone is 2. The summed E-state index contributed by atoms with van der Waals surface area (Å²) in [5.74, 6) is 1.66. The van der Waals surface area contributed by atoms with E-state index >= 15 is 0 Å². The van der Waals surface area contributed by atoms with Crippen molar-refractivity contribution in [3.63, 3.8) is 0 Å². The van der Waals surface area contributed by atoms with Crippen LogP contribution >= 0.6 is 0 Å². The molecule has 0 radical (unpaired) electrons. The zero-order valence-corrected chi connectivity index (χ0v) is 7.39. The van der Waals surface area contributed by atoms with Crippen LogP contribution in [0.4, 0.5) is 0 Å². The molecule has 1 unspecified atom stereocenters. The fourth-order valence-corrected chi connectivity index (χ4v) is 1.22. The van der Waals surface area contributed by atoms with Gasteiger partial charge in [0.05, 0.1) is 5.76 Å². The molecule has 1 heteroatoms. The molecular weight excluding hydrogens is 124 g/mol. The van der Waals surface area contributed by atoms with Gasteiger partial charge < -0.3 is 5.11 Å². The number of aliphatic hydroxyl groups is 1. The predicted octanol–water partition coefficient (Wildman–Crippen LogP) is 3.13. The molecule has 1 atom stereocenters. The third-order valence-corrected chi connectivity index (χ3v) is 1.37. The largest absolute Gasteiger partial charge is 0.513 e. The first-order valence-electron chi connectivity index (χ1n) is 3.89. The lowest BCUT2D eigenvalue weighted by Gasteiger charge is -2.08. The topological polar surface area (TPSA) is 20.2 Å². The van der Waals surface area contributed by atoms with Crippen molar-refractivity contribution < 1.29 is 5.11 Å². The molecule has 0 aromatic heterocycles. The second-order valence-corrected chi connectivity index (χ2v) is 3.41. The third kappa shape index (κ3) is 5.67. The first-order chi connectivity index (χ1) is 4.52. The van der Waals surface area contributed by atoms with E-state index < -0.39 is 0 Å².